The molecule has 15 heavy (non-hydrogen) atoms. The van der Waals surface area contributed by atoms with Gasteiger partial charge in [0.2, 0.25) is 0 Å². The third-order valence-electron chi connectivity index (χ3n) is 2.89. The van der Waals surface area contributed by atoms with E-state index in [2.05, 4.69) is 78.1 Å². The topological polar surface area (TPSA) is 0 Å². The Labute approximate surface area is 113 Å². The van der Waals surface area contributed by atoms with Crippen LogP contribution in [-0.2, 0) is 0 Å². The Morgan fingerprint density at radius 2 is 1.73 bits per heavy atom. The third kappa shape index (κ3) is 1.36. The van der Waals surface area contributed by atoms with Gasteiger partial charge in [-0.1, -0.05) is 72.1 Å². The van der Waals surface area contributed by atoms with Crippen LogP contribution < -0.4 is 0 Å². The minimum absolute atomic E-state index is 0.355. The van der Waals surface area contributed by atoms with Crippen molar-refractivity contribution >= 4 is 58.6 Å². The maximum atomic E-state index is 3.75. The second kappa shape index (κ2) is 3.57. The molecule has 0 fully saturated rings. The van der Waals surface area contributed by atoms with Crippen molar-refractivity contribution in [1.29, 1.82) is 0 Å². The number of hydrogen-bond acceptors (Lipinski definition) is 0. The van der Waals surface area contributed by atoms with Crippen molar-refractivity contribution in [1.82, 2.24) is 0 Å². The summed E-state index contributed by atoms with van der Waals surface area (Å²) in [4.78, 5) is 0.725. The van der Waals surface area contributed by atoms with Gasteiger partial charge >= 0.3 is 0 Å². The molecule has 0 heterocycles. The molecule has 2 atom stereocenters. The highest BCUT2D eigenvalue weighted by atomic mass is 79.9. The standard InChI is InChI=1S/C12H7Br3/c13-8-5-4-6-2-1-3-7-9(6)10(8)12(15)11(7)14/h1-5,11-12H/t11-,12+/m1/s1. The SMILES string of the molecule is Brc1ccc2cccc3c2c1[C@H](Br)[C@@H]3Br. The Kier molecular flexibility index (Phi) is 2.45. The number of halogens is 3. The van der Waals surface area contributed by atoms with E-state index in [1.807, 2.05) is 0 Å². The highest BCUT2D eigenvalue weighted by Gasteiger charge is 2.32. The maximum Gasteiger partial charge on any atom is 0.0578 e. The van der Waals surface area contributed by atoms with E-state index in [9.17, 15) is 0 Å². The largest absolute Gasteiger partial charge is 0.0823 e. The number of rotatable bonds is 0. The Hall–Kier alpha value is 0.140. The summed E-state index contributed by atoms with van der Waals surface area (Å²) < 4.78 is 1.19. The molecule has 0 N–H and O–H groups in total. The molecule has 3 rings (SSSR count). The first-order chi connectivity index (χ1) is 7.20. The van der Waals surface area contributed by atoms with Crippen LogP contribution in [0, 0.1) is 0 Å². The Morgan fingerprint density at radius 3 is 2.53 bits per heavy atom. The van der Waals surface area contributed by atoms with Crippen molar-refractivity contribution < 1.29 is 0 Å². The number of benzene rings is 2. The molecule has 0 radical (unpaired) electrons. The van der Waals surface area contributed by atoms with Crippen molar-refractivity contribution in [3.63, 3.8) is 0 Å². The summed E-state index contributed by atoms with van der Waals surface area (Å²) in [5.41, 5.74) is 2.75. The predicted molar refractivity (Wildman–Crippen MR) is 75.0 cm³/mol. The summed E-state index contributed by atoms with van der Waals surface area (Å²) >= 11 is 11.1. The first-order valence-corrected chi connectivity index (χ1v) is 7.32. The maximum absolute atomic E-state index is 3.75. The quantitative estimate of drug-likeness (QED) is 0.522. The van der Waals surface area contributed by atoms with E-state index in [0.29, 0.717) is 9.65 Å². The zero-order valence-electron chi connectivity index (χ0n) is 7.68. The Balaban J connectivity index is 2.51. The molecule has 3 heteroatoms. The summed E-state index contributed by atoms with van der Waals surface area (Å²) in [5, 5.41) is 2.70. The fraction of sp³-hybridized carbons (Fsp3) is 0.167. The van der Waals surface area contributed by atoms with Gasteiger partial charge in [-0.15, -0.1) is 0 Å². The fourth-order valence-corrected chi connectivity index (χ4v) is 4.50. The lowest BCUT2D eigenvalue weighted by Gasteiger charge is -2.08. The average Bonchev–Trinajstić information content (AvgIpc) is 2.50. The van der Waals surface area contributed by atoms with Crippen LogP contribution in [0.25, 0.3) is 10.8 Å². The van der Waals surface area contributed by atoms with Crippen molar-refractivity contribution in [2.24, 2.45) is 0 Å². The Morgan fingerprint density at radius 1 is 0.933 bits per heavy atom. The van der Waals surface area contributed by atoms with E-state index in [0.717, 1.165) is 0 Å². The van der Waals surface area contributed by atoms with Crippen molar-refractivity contribution in [2.45, 2.75) is 9.65 Å². The van der Waals surface area contributed by atoms with E-state index >= 15 is 0 Å². The van der Waals surface area contributed by atoms with Gasteiger partial charge in [0.05, 0.1) is 9.65 Å². The van der Waals surface area contributed by atoms with Crippen LogP contribution in [0.15, 0.2) is 34.8 Å². The van der Waals surface area contributed by atoms with Gasteiger partial charge in [-0.05, 0) is 28.0 Å². The van der Waals surface area contributed by atoms with Gasteiger partial charge in [0.25, 0.3) is 0 Å². The Bertz CT molecular complexity index is 548. The van der Waals surface area contributed by atoms with Gasteiger partial charge in [0.1, 0.15) is 0 Å². The summed E-state index contributed by atoms with van der Waals surface area (Å²) in [5.74, 6) is 0. The predicted octanol–water partition coefficient (Wildman–Crippen LogP) is 5.49. The van der Waals surface area contributed by atoms with Crippen LogP contribution >= 0.6 is 47.8 Å². The molecule has 0 saturated carbocycles. The summed E-state index contributed by atoms with van der Waals surface area (Å²) in [6.45, 7) is 0. The van der Waals surface area contributed by atoms with Crippen molar-refractivity contribution in [3.8, 4) is 0 Å². The van der Waals surface area contributed by atoms with Crippen molar-refractivity contribution in [3.05, 3.63) is 45.9 Å². The molecule has 2 aromatic rings. The lowest BCUT2D eigenvalue weighted by atomic mass is 10.1. The average molecular weight is 391 g/mol. The minimum atomic E-state index is 0.355. The van der Waals surface area contributed by atoms with Crippen LogP contribution in [0.5, 0.6) is 0 Å². The molecular formula is C12H7Br3. The molecule has 0 nitrogen and oxygen atoms in total. The van der Waals surface area contributed by atoms with Gasteiger partial charge in [-0.3, -0.25) is 0 Å². The molecule has 0 saturated heterocycles. The molecule has 0 amide bonds. The second-order valence-electron chi connectivity index (χ2n) is 3.71. The molecule has 0 unspecified atom stereocenters. The molecule has 0 aromatic heterocycles. The van der Waals surface area contributed by atoms with E-state index in [-0.39, 0.29) is 0 Å². The van der Waals surface area contributed by atoms with Gasteiger partial charge in [0, 0.05) is 4.47 Å². The van der Waals surface area contributed by atoms with Crippen molar-refractivity contribution in [2.75, 3.05) is 0 Å². The van der Waals surface area contributed by atoms with Gasteiger partial charge in [-0.25, -0.2) is 0 Å². The van der Waals surface area contributed by atoms with Crippen LogP contribution in [0.3, 0.4) is 0 Å². The smallest absolute Gasteiger partial charge is 0.0578 e. The zero-order chi connectivity index (χ0) is 10.6. The summed E-state index contributed by atoms with van der Waals surface area (Å²) in [6.07, 6.45) is 0. The molecule has 1 aliphatic rings. The highest BCUT2D eigenvalue weighted by Crippen LogP contribution is 2.54. The summed E-state index contributed by atoms with van der Waals surface area (Å²) in [6, 6.07) is 10.8. The fourth-order valence-electron chi connectivity index (χ4n) is 2.21. The molecule has 2 aromatic carbocycles. The molecule has 0 spiro atoms. The molecule has 76 valence electrons. The second-order valence-corrected chi connectivity index (χ2v) is 6.54. The lowest BCUT2D eigenvalue weighted by molar-refractivity contribution is 0.994. The van der Waals surface area contributed by atoms with Crippen LogP contribution in [0.4, 0.5) is 0 Å². The first-order valence-electron chi connectivity index (χ1n) is 4.69. The van der Waals surface area contributed by atoms with Crippen LogP contribution in [0.2, 0.25) is 0 Å². The van der Waals surface area contributed by atoms with Crippen LogP contribution in [-0.4, -0.2) is 0 Å². The number of hydrogen-bond donors (Lipinski definition) is 0. The normalized spacial score (nSPS) is 23.7. The molecular weight excluding hydrogens is 384 g/mol. The van der Waals surface area contributed by atoms with E-state index in [4.69, 9.17) is 0 Å². The highest BCUT2D eigenvalue weighted by molar-refractivity contribution is 9.12. The minimum Gasteiger partial charge on any atom is -0.0823 e. The lowest BCUT2D eigenvalue weighted by Crippen LogP contribution is -1.89. The number of alkyl halides is 2. The van der Waals surface area contributed by atoms with E-state index in [1.54, 1.807) is 0 Å². The molecule has 1 aliphatic carbocycles. The third-order valence-corrected chi connectivity index (χ3v) is 6.30. The van der Waals surface area contributed by atoms with Gasteiger partial charge in [0.15, 0.2) is 0 Å². The summed E-state index contributed by atoms with van der Waals surface area (Å²) in [7, 11) is 0. The van der Waals surface area contributed by atoms with Crippen LogP contribution in [0.1, 0.15) is 20.8 Å². The monoisotopic (exact) mass is 388 g/mol. The molecule has 0 aliphatic heterocycles. The molecule has 0 bridgehead atoms. The first kappa shape index (κ1) is 10.3. The van der Waals surface area contributed by atoms with Gasteiger partial charge < -0.3 is 0 Å². The van der Waals surface area contributed by atoms with E-state index < -0.39 is 0 Å². The zero-order valence-corrected chi connectivity index (χ0v) is 12.4. The van der Waals surface area contributed by atoms with Gasteiger partial charge in [-0.2, -0.15) is 0 Å². The van der Waals surface area contributed by atoms with E-state index in [1.165, 1.54) is 26.4 Å².